The van der Waals surface area contributed by atoms with Gasteiger partial charge in [0.2, 0.25) is 0 Å². The van der Waals surface area contributed by atoms with Crippen LogP contribution in [0.1, 0.15) is 11.8 Å². The van der Waals surface area contributed by atoms with Gasteiger partial charge < -0.3 is 10.1 Å². The number of ether oxygens (including phenoxy) is 1. The predicted octanol–water partition coefficient (Wildman–Crippen LogP) is -0.0212. The van der Waals surface area contributed by atoms with Crippen LogP contribution in [-0.4, -0.2) is 34.8 Å². The second kappa shape index (κ2) is 3.72. The van der Waals surface area contributed by atoms with Crippen molar-refractivity contribution in [2.45, 2.75) is 6.10 Å². The lowest BCUT2D eigenvalue weighted by molar-refractivity contribution is -0.386. The van der Waals surface area contributed by atoms with Crippen molar-refractivity contribution in [2.24, 2.45) is 0 Å². The van der Waals surface area contributed by atoms with Crippen LogP contribution in [0, 0.1) is 10.1 Å². The topological polar surface area (TPSA) is 93.1 Å². The Hall–Kier alpha value is -1.47. The lowest BCUT2D eigenvalue weighted by Crippen LogP contribution is -2.33. The number of hydrogen-bond acceptors (Lipinski definition) is 5. The van der Waals surface area contributed by atoms with Gasteiger partial charge in [0, 0.05) is 13.1 Å². The van der Waals surface area contributed by atoms with E-state index in [1.165, 1.54) is 6.20 Å². The first-order valence-corrected chi connectivity index (χ1v) is 4.29. The molecule has 7 nitrogen and oxygen atoms in total. The van der Waals surface area contributed by atoms with Gasteiger partial charge in [0.05, 0.1) is 11.5 Å². The third-order valence-electron chi connectivity index (χ3n) is 2.09. The molecule has 7 heteroatoms. The molecule has 2 heterocycles. The van der Waals surface area contributed by atoms with Gasteiger partial charge in [-0.15, -0.1) is 0 Å². The van der Waals surface area contributed by atoms with Crippen molar-refractivity contribution in [3.8, 4) is 0 Å². The van der Waals surface area contributed by atoms with Crippen LogP contribution in [0.5, 0.6) is 0 Å². The third kappa shape index (κ3) is 1.59. The minimum atomic E-state index is -0.462. The lowest BCUT2D eigenvalue weighted by atomic mass is 10.2. The largest absolute Gasteiger partial charge is 0.369 e. The molecule has 1 aliphatic rings. The molecule has 0 amide bonds. The molecule has 0 radical (unpaired) electrons. The van der Waals surface area contributed by atoms with Gasteiger partial charge in [-0.25, -0.2) is 0 Å². The van der Waals surface area contributed by atoms with Crippen molar-refractivity contribution in [3.63, 3.8) is 0 Å². The molecule has 1 aromatic rings. The minimum absolute atomic E-state index is 0.0151. The van der Waals surface area contributed by atoms with Gasteiger partial charge in [-0.1, -0.05) is 0 Å². The molecule has 1 unspecified atom stereocenters. The zero-order chi connectivity index (χ0) is 9.97. The highest BCUT2D eigenvalue weighted by Crippen LogP contribution is 2.25. The van der Waals surface area contributed by atoms with Crippen molar-refractivity contribution in [3.05, 3.63) is 22.0 Å². The van der Waals surface area contributed by atoms with Crippen molar-refractivity contribution in [2.75, 3.05) is 19.7 Å². The fourth-order valence-corrected chi connectivity index (χ4v) is 1.42. The molecule has 0 saturated carbocycles. The number of aromatic amines is 1. The van der Waals surface area contributed by atoms with Crippen molar-refractivity contribution in [1.29, 1.82) is 0 Å². The predicted molar refractivity (Wildman–Crippen MR) is 46.8 cm³/mol. The van der Waals surface area contributed by atoms with E-state index in [4.69, 9.17) is 4.74 Å². The average Bonchev–Trinajstić information content (AvgIpc) is 2.67. The quantitative estimate of drug-likeness (QED) is 0.514. The number of rotatable bonds is 2. The van der Waals surface area contributed by atoms with Crippen LogP contribution in [0.15, 0.2) is 6.20 Å². The highest BCUT2D eigenvalue weighted by molar-refractivity contribution is 5.33. The van der Waals surface area contributed by atoms with Crippen LogP contribution in [0.4, 0.5) is 5.69 Å². The lowest BCUT2D eigenvalue weighted by Gasteiger charge is -2.21. The summed E-state index contributed by atoms with van der Waals surface area (Å²) in [5.74, 6) is 0. The maximum Gasteiger partial charge on any atom is 0.312 e. The molecule has 0 spiro atoms. The number of nitro groups is 1. The Bertz CT molecular complexity index is 331. The first-order chi connectivity index (χ1) is 6.79. The highest BCUT2D eigenvalue weighted by Gasteiger charge is 2.26. The van der Waals surface area contributed by atoms with Gasteiger partial charge in [0.15, 0.2) is 0 Å². The molecule has 0 bridgehead atoms. The number of H-pyrrole nitrogens is 1. The molecule has 1 aromatic heterocycles. The Morgan fingerprint density at radius 1 is 1.71 bits per heavy atom. The monoisotopic (exact) mass is 198 g/mol. The number of nitrogens with zero attached hydrogens (tertiary/aromatic N) is 2. The van der Waals surface area contributed by atoms with Crippen LogP contribution in [0.25, 0.3) is 0 Å². The Balaban J connectivity index is 2.21. The van der Waals surface area contributed by atoms with Crippen LogP contribution in [-0.2, 0) is 4.74 Å². The Morgan fingerprint density at radius 2 is 2.57 bits per heavy atom. The standard InChI is InChI=1S/C7H10N4O3/c12-11(13)5-3-9-10-7(5)6-4-8-1-2-14-6/h3,6,8H,1-2,4H2,(H,9,10). The molecule has 2 N–H and O–H groups in total. The normalized spacial score (nSPS) is 22.1. The molecule has 14 heavy (non-hydrogen) atoms. The van der Waals surface area contributed by atoms with Crippen molar-refractivity contribution in [1.82, 2.24) is 15.5 Å². The molecule has 2 rings (SSSR count). The number of morpholine rings is 1. The molecule has 1 aliphatic heterocycles. The summed E-state index contributed by atoms with van der Waals surface area (Å²) in [5.41, 5.74) is 0.418. The molecule has 0 aliphatic carbocycles. The first kappa shape index (κ1) is 9.10. The number of aromatic nitrogens is 2. The van der Waals surface area contributed by atoms with E-state index in [1.54, 1.807) is 0 Å². The summed E-state index contributed by atoms with van der Waals surface area (Å²) >= 11 is 0. The van der Waals surface area contributed by atoms with Crippen LogP contribution < -0.4 is 5.32 Å². The van der Waals surface area contributed by atoms with E-state index in [0.29, 0.717) is 18.8 Å². The molecular formula is C7H10N4O3. The molecular weight excluding hydrogens is 188 g/mol. The molecule has 76 valence electrons. The van der Waals surface area contributed by atoms with Crippen molar-refractivity contribution < 1.29 is 9.66 Å². The maximum absolute atomic E-state index is 10.6. The van der Waals surface area contributed by atoms with Gasteiger partial charge >= 0.3 is 5.69 Å². The van der Waals surface area contributed by atoms with E-state index in [2.05, 4.69) is 15.5 Å². The molecule has 1 fully saturated rings. The summed E-state index contributed by atoms with van der Waals surface area (Å²) in [7, 11) is 0. The first-order valence-electron chi connectivity index (χ1n) is 4.29. The average molecular weight is 198 g/mol. The maximum atomic E-state index is 10.6. The Morgan fingerprint density at radius 3 is 3.21 bits per heavy atom. The van der Waals surface area contributed by atoms with E-state index in [1.807, 2.05) is 0 Å². The van der Waals surface area contributed by atoms with Crippen LogP contribution in [0.2, 0.25) is 0 Å². The van der Waals surface area contributed by atoms with Gasteiger partial charge in [-0.3, -0.25) is 15.2 Å². The Labute approximate surface area is 79.6 Å². The second-order valence-corrected chi connectivity index (χ2v) is 2.99. The van der Waals surface area contributed by atoms with E-state index in [-0.39, 0.29) is 11.8 Å². The van der Waals surface area contributed by atoms with Crippen molar-refractivity contribution >= 4 is 5.69 Å². The van der Waals surface area contributed by atoms with Gasteiger partial charge in [0.1, 0.15) is 18.0 Å². The summed E-state index contributed by atoms with van der Waals surface area (Å²) in [4.78, 5) is 10.1. The summed E-state index contributed by atoms with van der Waals surface area (Å²) < 4.78 is 5.37. The summed E-state index contributed by atoms with van der Waals surface area (Å²) in [6.07, 6.45) is 0.902. The van der Waals surface area contributed by atoms with E-state index < -0.39 is 4.92 Å². The Kier molecular flexibility index (Phi) is 2.42. The summed E-state index contributed by atoms with van der Waals surface area (Å²) in [6.45, 7) is 1.91. The SMILES string of the molecule is O=[N+]([O-])c1cn[nH]c1C1CNCCO1. The van der Waals surface area contributed by atoms with E-state index >= 15 is 0 Å². The fraction of sp³-hybridized carbons (Fsp3) is 0.571. The van der Waals surface area contributed by atoms with Gasteiger partial charge in [-0.05, 0) is 0 Å². The molecule has 1 atom stereocenters. The van der Waals surface area contributed by atoms with Gasteiger partial charge in [-0.2, -0.15) is 5.10 Å². The fourth-order valence-electron chi connectivity index (χ4n) is 1.42. The molecule has 1 saturated heterocycles. The minimum Gasteiger partial charge on any atom is -0.369 e. The van der Waals surface area contributed by atoms with Gasteiger partial charge in [0.25, 0.3) is 0 Å². The summed E-state index contributed by atoms with van der Waals surface area (Å²) in [6, 6.07) is 0. The highest BCUT2D eigenvalue weighted by atomic mass is 16.6. The third-order valence-corrected chi connectivity index (χ3v) is 2.09. The number of nitrogens with one attached hydrogen (secondary N) is 2. The zero-order valence-corrected chi connectivity index (χ0v) is 7.40. The zero-order valence-electron chi connectivity index (χ0n) is 7.40. The molecule has 0 aromatic carbocycles. The smallest absolute Gasteiger partial charge is 0.312 e. The number of hydrogen-bond donors (Lipinski definition) is 2. The van der Waals surface area contributed by atoms with E-state index in [9.17, 15) is 10.1 Å². The second-order valence-electron chi connectivity index (χ2n) is 2.99. The van der Waals surface area contributed by atoms with E-state index in [0.717, 1.165) is 6.54 Å². The van der Waals surface area contributed by atoms with Crippen LogP contribution in [0.3, 0.4) is 0 Å². The summed E-state index contributed by atoms with van der Waals surface area (Å²) in [5, 5.41) is 19.9. The van der Waals surface area contributed by atoms with Crippen LogP contribution >= 0.6 is 0 Å².